The van der Waals surface area contributed by atoms with E-state index in [-0.39, 0.29) is 18.0 Å². The average molecular weight is 459 g/mol. The Morgan fingerprint density at radius 3 is 2.38 bits per heavy atom. The number of pyridine rings is 1. The largest absolute Gasteiger partial charge is 0.361 e. The van der Waals surface area contributed by atoms with Crippen molar-refractivity contribution in [3.63, 3.8) is 0 Å². The molecule has 0 spiro atoms. The predicted octanol–water partition coefficient (Wildman–Crippen LogP) is 4.00. The molecule has 1 aliphatic rings. The number of hydrogen-bond acceptors (Lipinski definition) is 5. The quantitative estimate of drug-likeness (QED) is 0.681. The van der Waals surface area contributed by atoms with Crippen molar-refractivity contribution in [3.8, 4) is 0 Å². The van der Waals surface area contributed by atoms with E-state index in [1.807, 2.05) is 32.2 Å². The molecule has 0 aliphatic heterocycles. The Morgan fingerprint density at radius 2 is 1.78 bits per heavy atom. The normalized spacial score (nSPS) is 18.8. The van der Waals surface area contributed by atoms with E-state index in [9.17, 15) is 9.59 Å². The minimum Gasteiger partial charge on any atom is -0.361 e. The van der Waals surface area contributed by atoms with E-state index >= 15 is 0 Å². The summed E-state index contributed by atoms with van der Waals surface area (Å²) in [4.78, 5) is 30.4. The minimum absolute atomic E-state index is 0.0454. The van der Waals surface area contributed by atoms with Crippen LogP contribution in [0, 0.1) is 20.8 Å². The van der Waals surface area contributed by atoms with Crippen molar-refractivity contribution in [2.75, 3.05) is 25.5 Å². The Kier molecular flexibility index (Phi) is 7.83. The molecule has 0 unspecified atom stereocenters. The molecule has 0 aromatic carbocycles. The Bertz CT molecular complexity index is 1020. The third-order valence-corrected chi connectivity index (χ3v) is 8.23. The van der Waals surface area contributed by atoms with E-state index < -0.39 is 0 Å². The van der Waals surface area contributed by atoms with Gasteiger partial charge in [-0.05, 0) is 84.7 Å². The molecule has 1 saturated carbocycles. The summed E-state index contributed by atoms with van der Waals surface area (Å²) in [5.74, 6) is -0.112. The molecule has 1 amide bonds. The van der Waals surface area contributed by atoms with Crippen LogP contribution >= 0.6 is 11.3 Å². The van der Waals surface area contributed by atoms with Crippen LogP contribution in [0.2, 0.25) is 0 Å². The fraction of sp³-hybridized carbons (Fsp3) is 0.600. The second-order valence-corrected chi connectivity index (χ2v) is 10.1. The number of aryl methyl sites for hydroxylation is 2. The topological polar surface area (TPSA) is 57.6 Å². The predicted molar refractivity (Wildman–Crippen MR) is 134 cm³/mol. The molecule has 2 heterocycles. The molecule has 0 saturated heterocycles. The van der Waals surface area contributed by atoms with Crippen LogP contribution in [0.3, 0.4) is 0 Å². The first-order valence-corrected chi connectivity index (χ1v) is 12.5. The van der Waals surface area contributed by atoms with Gasteiger partial charge in [0.1, 0.15) is 0 Å². The molecule has 1 aliphatic carbocycles. The number of anilines is 1. The molecule has 7 heteroatoms. The number of amides is 1. The van der Waals surface area contributed by atoms with Crippen LogP contribution in [0.25, 0.3) is 0 Å². The monoisotopic (exact) mass is 458 g/mol. The SMILES string of the molecule is CCN(c1scc(C(=O)NCc2c(C)cc(C)n(C)c2=O)c1C)[C@H]1CC[C@H](N(C)C)CC1. The zero-order chi connectivity index (χ0) is 23.6. The van der Waals surface area contributed by atoms with Gasteiger partial charge >= 0.3 is 0 Å². The fourth-order valence-corrected chi connectivity index (χ4v) is 6.09. The van der Waals surface area contributed by atoms with E-state index in [1.54, 1.807) is 23.0 Å². The molecule has 2 aromatic rings. The van der Waals surface area contributed by atoms with Crippen LogP contribution < -0.4 is 15.8 Å². The van der Waals surface area contributed by atoms with Crippen molar-refractivity contribution < 1.29 is 4.79 Å². The number of thiophene rings is 1. The maximum atomic E-state index is 13.0. The summed E-state index contributed by atoms with van der Waals surface area (Å²) in [6.45, 7) is 9.28. The highest BCUT2D eigenvalue weighted by Crippen LogP contribution is 2.36. The fourth-order valence-electron chi connectivity index (χ4n) is 4.88. The number of nitrogens with zero attached hydrogens (tertiary/aromatic N) is 3. The van der Waals surface area contributed by atoms with Gasteiger partial charge in [0, 0.05) is 48.9 Å². The van der Waals surface area contributed by atoms with Gasteiger partial charge in [-0.1, -0.05) is 0 Å². The lowest BCUT2D eigenvalue weighted by Crippen LogP contribution is -2.42. The Balaban J connectivity index is 1.72. The third kappa shape index (κ3) is 4.94. The van der Waals surface area contributed by atoms with Gasteiger partial charge in [0.2, 0.25) is 0 Å². The van der Waals surface area contributed by atoms with Gasteiger partial charge in [-0.3, -0.25) is 9.59 Å². The molecule has 3 rings (SSSR count). The van der Waals surface area contributed by atoms with Crippen LogP contribution in [-0.4, -0.2) is 48.1 Å². The molecule has 0 radical (unpaired) electrons. The first-order valence-electron chi connectivity index (χ1n) is 11.6. The Labute approximate surface area is 196 Å². The molecule has 1 N–H and O–H groups in total. The second-order valence-electron chi connectivity index (χ2n) is 9.29. The number of nitrogens with one attached hydrogen (secondary N) is 1. The van der Waals surface area contributed by atoms with Crippen molar-refractivity contribution in [2.24, 2.45) is 7.05 Å². The van der Waals surface area contributed by atoms with E-state index in [0.29, 0.717) is 23.2 Å². The van der Waals surface area contributed by atoms with Gasteiger partial charge in [0.25, 0.3) is 11.5 Å². The standard InChI is InChI=1S/C25H38N4O2S/c1-8-29(20-11-9-19(10-12-20)27(5)6)25-18(4)22(15-32-25)23(30)26-14-21-16(2)13-17(3)28(7)24(21)31/h13,15,19-20H,8-12,14H2,1-7H3,(H,26,30)/t19-,20-. The van der Waals surface area contributed by atoms with Crippen LogP contribution in [0.1, 0.15) is 65.3 Å². The van der Waals surface area contributed by atoms with Crippen LogP contribution in [0.5, 0.6) is 0 Å². The third-order valence-electron chi connectivity index (χ3n) is 7.12. The molecule has 0 atom stereocenters. The average Bonchev–Trinajstić information content (AvgIpc) is 3.14. The van der Waals surface area contributed by atoms with Gasteiger partial charge in [0.15, 0.2) is 0 Å². The van der Waals surface area contributed by atoms with Gasteiger partial charge in [-0.2, -0.15) is 0 Å². The highest BCUT2D eigenvalue weighted by molar-refractivity contribution is 7.14. The molecule has 2 aromatic heterocycles. The summed E-state index contributed by atoms with van der Waals surface area (Å²) >= 11 is 1.66. The van der Waals surface area contributed by atoms with E-state index in [1.165, 1.54) is 30.7 Å². The van der Waals surface area contributed by atoms with Crippen molar-refractivity contribution in [2.45, 2.75) is 72.0 Å². The van der Waals surface area contributed by atoms with Crippen LogP contribution in [0.4, 0.5) is 5.00 Å². The van der Waals surface area contributed by atoms with Crippen molar-refractivity contribution in [3.05, 3.63) is 49.7 Å². The van der Waals surface area contributed by atoms with Crippen LogP contribution in [-0.2, 0) is 13.6 Å². The lowest BCUT2D eigenvalue weighted by molar-refractivity contribution is 0.0950. The zero-order valence-electron chi connectivity index (χ0n) is 20.6. The van der Waals surface area contributed by atoms with E-state index in [2.05, 4.69) is 36.1 Å². The summed E-state index contributed by atoms with van der Waals surface area (Å²) in [7, 11) is 6.11. The number of carbonyl (C=O) groups is 1. The zero-order valence-corrected chi connectivity index (χ0v) is 21.4. The molecular formula is C25H38N4O2S. The van der Waals surface area contributed by atoms with Gasteiger partial charge < -0.3 is 19.7 Å². The highest BCUT2D eigenvalue weighted by Gasteiger charge is 2.28. The molecule has 32 heavy (non-hydrogen) atoms. The molecule has 0 bridgehead atoms. The second kappa shape index (κ2) is 10.2. The summed E-state index contributed by atoms with van der Waals surface area (Å²) in [6, 6.07) is 3.19. The van der Waals surface area contributed by atoms with Crippen molar-refractivity contribution >= 4 is 22.2 Å². The summed E-state index contributed by atoms with van der Waals surface area (Å²) in [5.41, 5.74) is 4.19. The number of rotatable bonds is 7. The molecule has 176 valence electrons. The highest BCUT2D eigenvalue weighted by atomic mass is 32.1. The molecule has 1 fully saturated rings. The van der Waals surface area contributed by atoms with Gasteiger partial charge in [0.05, 0.1) is 10.6 Å². The first kappa shape index (κ1) is 24.5. The summed E-state index contributed by atoms with van der Waals surface area (Å²) < 4.78 is 1.63. The first-order chi connectivity index (χ1) is 15.1. The smallest absolute Gasteiger partial charge is 0.255 e. The lowest BCUT2D eigenvalue weighted by atomic mass is 9.89. The Morgan fingerprint density at radius 1 is 1.16 bits per heavy atom. The summed E-state index contributed by atoms with van der Waals surface area (Å²) in [6.07, 6.45) is 4.81. The van der Waals surface area contributed by atoms with Crippen LogP contribution in [0.15, 0.2) is 16.2 Å². The van der Waals surface area contributed by atoms with Crippen molar-refractivity contribution in [1.82, 2.24) is 14.8 Å². The van der Waals surface area contributed by atoms with Gasteiger partial charge in [-0.25, -0.2) is 0 Å². The van der Waals surface area contributed by atoms with Crippen molar-refractivity contribution in [1.29, 1.82) is 0 Å². The maximum absolute atomic E-state index is 13.0. The minimum atomic E-state index is -0.112. The lowest BCUT2D eigenvalue weighted by Gasteiger charge is -2.39. The number of aromatic nitrogens is 1. The number of hydrogen-bond donors (Lipinski definition) is 1. The maximum Gasteiger partial charge on any atom is 0.255 e. The Hall–Kier alpha value is -2.12. The molecular weight excluding hydrogens is 420 g/mol. The van der Waals surface area contributed by atoms with E-state index in [4.69, 9.17) is 0 Å². The van der Waals surface area contributed by atoms with Gasteiger partial charge in [-0.15, -0.1) is 11.3 Å². The van der Waals surface area contributed by atoms with E-state index in [0.717, 1.165) is 23.4 Å². The summed E-state index contributed by atoms with van der Waals surface area (Å²) in [5, 5.41) is 6.15. The molecule has 6 nitrogen and oxygen atoms in total. The number of carbonyl (C=O) groups excluding carboxylic acids is 1.